The van der Waals surface area contributed by atoms with Crippen LogP contribution in [0.2, 0.25) is 5.02 Å². The number of nitrogens with one attached hydrogen (secondary N) is 1. The third-order valence-electron chi connectivity index (χ3n) is 3.53. The molecule has 0 amide bonds. The Labute approximate surface area is 144 Å². The minimum Gasteiger partial charge on any atom is -0.497 e. The van der Waals surface area contributed by atoms with Crippen LogP contribution < -0.4 is 14.9 Å². The van der Waals surface area contributed by atoms with Crippen LogP contribution in [0.5, 0.6) is 11.5 Å². The number of hydrogen-bond donors (Lipinski definition) is 1. The highest BCUT2D eigenvalue weighted by molar-refractivity contribution is 6.31. The van der Waals surface area contributed by atoms with Gasteiger partial charge in [-0.3, -0.25) is 10.4 Å². The van der Waals surface area contributed by atoms with Crippen LogP contribution in [0.15, 0.2) is 53.8 Å². The molecule has 1 aromatic heterocycles. The summed E-state index contributed by atoms with van der Waals surface area (Å²) in [5, 5.41) is 5.89. The molecule has 0 bridgehead atoms. The van der Waals surface area contributed by atoms with Gasteiger partial charge in [0.15, 0.2) is 0 Å². The number of ether oxygens (including phenoxy) is 2. The third kappa shape index (κ3) is 3.41. The molecule has 3 aromatic rings. The lowest BCUT2D eigenvalue weighted by molar-refractivity contribution is 0.394. The van der Waals surface area contributed by atoms with E-state index < -0.39 is 0 Å². The highest BCUT2D eigenvalue weighted by Crippen LogP contribution is 2.25. The first-order chi connectivity index (χ1) is 11.7. The fraction of sp³-hybridized carbons (Fsp3) is 0.111. The lowest BCUT2D eigenvalue weighted by Gasteiger charge is -2.08. The zero-order valence-corrected chi connectivity index (χ0v) is 14.0. The monoisotopic (exact) mass is 341 g/mol. The number of benzene rings is 2. The molecule has 0 saturated carbocycles. The summed E-state index contributed by atoms with van der Waals surface area (Å²) in [6, 6.07) is 13.0. The lowest BCUT2D eigenvalue weighted by atomic mass is 10.2. The summed E-state index contributed by atoms with van der Waals surface area (Å²) in [5.74, 6) is 1.42. The molecule has 0 aliphatic carbocycles. The van der Waals surface area contributed by atoms with Crippen LogP contribution in [-0.4, -0.2) is 25.4 Å². The van der Waals surface area contributed by atoms with Crippen molar-refractivity contribution in [2.24, 2.45) is 5.10 Å². The van der Waals surface area contributed by atoms with Crippen molar-refractivity contribution in [3.8, 4) is 11.5 Å². The number of fused-ring (bicyclic) bond motifs is 1. The van der Waals surface area contributed by atoms with Crippen molar-refractivity contribution in [1.29, 1.82) is 0 Å². The van der Waals surface area contributed by atoms with Crippen molar-refractivity contribution in [1.82, 2.24) is 4.98 Å². The fourth-order valence-corrected chi connectivity index (χ4v) is 2.48. The number of nitrogens with zero attached hydrogens (tertiary/aromatic N) is 2. The van der Waals surface area contributed by atoms with E-state index in [0.29, 0.717) is 10.8 Å². The second kappa shape index (κ2) is 7.19. The Balaban J connectivity index is 1.85. The number of methoxy groups -OCH3 is 2. The van der Waals surface area contributed by atoms with E-state index in [1.54, 1.807) is 26.6 Å². The van der Waals surface area contributed by atoms with Gasteiger partial charge in [0, 0.05) is 28.2 Å². The van der Waals surface area contributed by atoms with Crippen LogP contribution in [-0.2, 0) is 0 Å². The second-order valence-corrected chi connectivity index (χ2v) is 5.43. The molecule has 0 atom stereocenters. The van der Waals surface area contributed by atoms with E-state index in [4.69, 9.17) is 21.1 Å². The smallest absolute Gasteiger partial charge is 0.131 e. The Bertz CT molecular complexity index is 897. The molecule has 5 nitrogen and oxygen atoms in total. The molecule has 0 radical (unpaired) electrons. The second-order valence-electron chi connectivity index (χ2n) is 5.00. The molecule has 1 N–H and O–H groups in total. The average molecular weight is 342 g/mol. The first-order valence-corrected chi connectivity index (χ1v) is 7.64. The molecule has 0 saturated heterocycles. The van der Waals surface area contributed by atoms with Gasteiger partial charge in [0.25, 0.3) is 0 Å². The number of rotatable bonds is 5. The standard InChI is InChI=1S/C18H16ClN3O2/c1-23-14-5-3-12(18(10-14)24-2)11-21-22-16-7-8-20-17-9-13(19)4-6-15(16)17/h3-11H,1-2H3,(H,20,22). The molecule has 122 valence electrons. The zero-order chi connectivity index (χ0) is 16.9. The van der Waals surface area contributed by atoms with E-state index in [2.05, 4.69) is 15.5 Å². The van der Waals surface area contributed by atoms with Gasteiger partial charge in [-0.15, -0.1) is 0 Å². The van der Waals surface area contributed by atoms with E-state index in [9.17, 15) is 0 Å². The summed E-state index contributed by atoms with van der Waals surface area (Å²) in [7, 11) is 3.23. The normalized spacial score (nSPS) is 11.0. The number of halogens is 1. The van der Waals surface area contributed by atoms with E-state index >= 15 is 0 Å². The Morgan fingerprint density at radius 1 is 1.08 bits per heavy atom. The molecule has 0 unspecified atom stereocenters. The summed E-state index contributed by atoms with van der Waals surface area (Å²) >= 11 is 6.00. The molecule has 0 aliphatic rings. The number of hydrogen-bond acceptors (Lipinski definition) is 5. The summed E-state index contributed by atoms with van der Waals surface area (Å²) in [5.41, 5.74) is 5.53. The molecule has 24 heavy (non-hydrogen) atoms. The van der Waals surface area contributed by atoms with Crippen LogP contribution in [0.3, 0.4) is 0 Å². The van der Waals surface area contributed by atoms with Crippen molar-refractivity contribution in [2.45, 2.75) is 0 Å². The summed E-state index contributed by atoms with van der Waals surface area (Å²) in [6.45, 7) is 0. The molecule has 6 heteroatoms. The minimum atomic E-state index is 0.652. The highest BCUT2D eigenvalue weighted by atomic mass is 35.5. The lowest BCUT2D eigenvalue weighted by Crippen LogP contribution is -1.96. The summed E-state index contributed by atoms with van der Waals surface area (Å²) in [4.78, 5) is 4.31. The van der Waals surface area contributed by atoms with Crippen molar-refractivity contribution >= 4 is 34.4 Å². The molecular formula is C18H16ClN3O2. The maximum atomic E-state index is 6.00. The van der Waals surface area contributed by atoms with Gasteiger partial charge in [-0.1, -0.05) is 11.6 Å². The minimum absolute atomic E-state index is 0.652. The maximum absolute atomic E-state index is 6.00. The van der Waals surface area contributed by atoms with Gasteiger partial charge in [0.2, 0.25) is 0 Å². The molecule has 1 heterocycles. The quantitative estimate of drug-likeness (QED) is 0.553. The van der Waals surface area contributed by atoms with E-state index in [1.165, 1.54) is 0 Å². The van der Waals surface area contributed by atoms with Gasteiger partial charge in [0.1, 0.15) is 11.5 Å². The van der Waals surface area contributed by atoms with Crippen LogP contribution in [0, 0.1) is 0 Å². The number of anilines is 1. The molecular weight excluding hydrogens is 326 g/mol. The fourth-order valence-electron chi connectivity index (χ4n) is 2.32. The van der Waals surface area contributed by atoms with E-state index in [-0.39, 0.29) is 0 Å². The Morgan fingerprint density at radius 3 is 2.75 bits per heavy atom. The topological polar surface area (TPSA) is 55.7 Å². The summed E-state index contributed by atoms with van der Waals surface area (Å²) < 4.78 is 10.5. The first-order valence-electron chi connectivity index (χ1n) is 7.26. The SMILES string of the molecule is COc1ccc(C=NNc2ccnc3cc(Cl)ccc23)c(OC)c1. The molecule has 0 fully saturated rings. The predicted molar refractivity (Wildman–Crippen MR) is 97.5 cm³/mol. The van der Waals surface area contributed by atoms with Crippen molar-refractivity contribution in [2.75, 3.05) is 19.6 Å². The zero-order valence-electron chi connectivity index (χ0n) is 13.3. The molecule has 0 aliphatic heterocycles. The molecule has 2 aromatic carbocycles. The Morgan fingerprint density at radius 2 is 1.96 bits per heavy atom. The van der Waals surface area contributed by atoms with Crippen molar-refractivity contribution in [3.63, 3.8) is 0 Å². The largest absolute Gasteiger partial charge is 0.497 e. The molecule has 3 rings (SSSR count). The average Bonchev–Trinajstić information content (AvgIpc) is 2.61. The van der Waals surface area contributed by atoms with Crippen LogP contribution in [0.25, 0.3) is 10.9 Å². The molecule has 0 spiro atoms. The number of hydrazone groups is 1. The van der Waals surface area contributed by atoms with Crippen LogP contribution >= 0.6 is 11.6 Å². The number of pyridine rings is 1. The van der Waals surface area contributed by atoms with Crippen molar-refractivity contribution in [3.05, 3.63) is 59.2 Å². The Kier molecular flexibility index (Phi) is 4.82. The van der Waals surface area contributed by atoms with Crippen LogP contribution in [0.4, 0.5) is 5.69 Å². The van der Waals surface area contributed by atoms with E-state index in [1.807, 2.05) is 42.5 Å². The maximum Gasteiger partial charge on any atom is 0.131 e. The van der Waals surface area contributed by atoms with Gasteiger partial charge in [-0.25, -0.2) is 0 Å². The predicted octanol–water partition coefficient (Wildman–Crippen LogP) is 4.35. The van der Waals surface area contributed by atoms with Gasteiger partial charge in [-0.05, 0) is 36.4 Å². The number of aromatic nitrogens is 1. The first kappa shape index (κ1) is 16.1. The summed E-state index contributed by atoms with van der Waals surface area (Å²) in [6.07, 6.45) is 3.41. The van der Waals surface area contributed by atoms with Gasteiger partial charge in [0.05, 0.1) is 31.6 Å². The van der Waals surface area contributed by atoms with Gasteiger partial charge in [-0.2, -0.15) is 5.10 Å². The van der Waals surface area contributed by atoms with Gasteiger partial charge < -0.3 is 9.47 Å². The van der Waals surface area contributed by atoms with Crippen LogP contribution in [0.1, 0.15) is 5.56 Å². The Hall–Kier alpha value is -2.79. The third-order valence-corrected chi connectivity index (χ3v) is 3.77. The van der Waals surface area contributed by atoms with Crippen molar-refractivity contribution < 1.29 is 9.47 Å². The highest BCUT2D eigenvalue weighted by Gasteiger charge is 2.04. The van der Waals surface area contributed by atoms with Gasteiger partial charge >= 0.3 is 0 Å². The van der Waals surface area contributed by atoms with E-state index in [0.717, 1.165) is 27.9 Å².